The van der Waals surface area contributed by atoms with Gasteiger partial charge in [-0.2, -0.15) is 0 Å². The zero-order valence-corrected chi connectivity index (χ0v) is 12.6. The van der Waals surface area contributed by atoms with Gasteiger partial charge in [-0.25, -0.2) is 4.99 Å². The van der Waals surface area contributed by atoms with Gasteiger partial charge in [0.2, 0.25) is 5.91 Å². The average Bonchev–Trinajstić information content (AvgIpc) is 2.52. The molecule has 0 spiro atoms. The van der Waals surface area contributed by atoms with Gasteiger partial charge in [0.25, 0.3) is 0 Å². The van der Waals surface area contributed by atoms with Crippen molar-refractivity contribution in [3.05, 3.63) is 29.8 Å². The van der Waals surface area contributed by atoms with Crippen LogP contribution in [-0.4, -0.2) is 25.0 Å². The molecule has 0 bridgehead atoms. The first-order chi connectivity index (χ1) is 10.2. The average molecular weight is 288 g/mol. The van der Waals surface area contributed by atoms with E-state index in [9.17, 15) is 4.79 Å². The molecule has 1 heterocycles. The van der Waals surface area contributed by atoms with Gasteiger partial charge < -0.3 is 16.0 Å². The first-order valence-corrected chi connectivity index (χ1v) is 7.64. The van der Waals surface area contributed by atoms with Crippen LogP contribution >= 0.6 is 0 Å². The number of aliphatic imine (C=N–C) groups is 1. The molecular weight excluding hydrogens is 264 g/mol. The van der Waals surface area contributed by atoms with Crippen LogP contribution in [-0.2, 0) is 11.3 Å². The van der Waals surface area contributed by atoms with E-state index in [2.05, 4.69) is 17.2 Å². The number of hydrogen-bond donors (Lipinski definition) is 2. The van der Waals surface area contributed by atoms with Gasteiger partial charge in [-0.3, -0.25) is 4.79 Å². The van der Waals surface area contributed by atoms with Crippen molar-refractivity contribution in [2.45, 2.75) is 39.2 Å². The van der Waals surface area contributed by atoms with Crippen LogP contribution in [0.15, 0.2) is 29.3 Å². The number of anilines is 1. The molecule has 0 aromatic heterocycles. The van der Waals surface area contributed by atoms with Crippen molar-refractivity contribution in [1.29, 1.82) is 0 Å². The molecule has 1 saturated heterocycles. The summed E-state index contributed by atoms with van der Waals surface area (Å²) in [4.78, 5) is 18.0. The van der Waals surface area contributed by atoms with Gasteiger partial charge in [-0.15, -0.1) is 0 Å². The van der Waals surface area contributed by atoms with E-state index in [4.69, 9.17) is 5.73 Å². The number of nitrogens with one attached hydrogen (secondary N) is 1. The highest BCUT2D eigenvalue weighted by Gasteiger charge is 2.19. The minimum Gasteiger partial charge on any atom is -0.370 e. The molecule has 2 rings (SSSR count). The lowest BCUT2D eigenvalue weighted by Crippen LogP contribution is -2.35. The molecule has 1 fully saturated rings. The minimum absolute atomic E-state index is 0.222. The van der Waals surface area contributed by atoms with E-state index in [0.29, 0.717) is 18.9 Å². The number of nitrogens with zero attached hydrogens (tertiary/aromatic N) is 2. The summed E-state index contributed by atoms with van der Waals surface area (Å²) in [6.07, 6.45) is 3.77. The number of piperidine rings is 1. The lowest BCUT2D eigenvalue weighted by atomic mass is 10.1. The summed E-state index contributed by atoms with van der Waals surface area (Å²) in [7, 11) is 0. The van der Waals surface area contributed by atoms with Crippen LogP contribution in [0.25, 0.3) is 0 Å². The van der Waals surface area contributed by atoms with Gasteiger partial charge >= 0.3 is 0 Å². The van der Waals surface area contributed by atoms with E-state index < -0.39 is 0 Å². The summed E-state index contributed by atoms with van der Waals surface area (Å²) in [5.41, 5.74) is 7.82. The van der Waals surface area contributed by atoms with Crippen LogP contribution in [0.3, 0.4) is 0 Å². The molecule has 1 aliphatic heterocycles. The van der Waals surface area contributed by atoms with Gasteiger partial charge in [0.05, 0.1) is 6.54 Å². The zero-order chi connectivity index (χ0) is 15.1. The second-order valence-electron chi connectivity index (χ2n) is 5.30. The van der Waals surface area contributed by atoms with Crippen LogP contribution in [0.4, 0.5) is 5.69 Å². The van der Waals surface area contributed by atoms with Gasteiger partial charge in [0.1, 0.15) is 0 Å². The lowest BCUT2D eigenvalue weighted by molar-refractivity contribution is -0.119. The first kappa shape index (κ1) is 15.4. The Morgan fingerprint density at radius 1 is 1.33 bits per heavy atom. The molecule has 114 valence electrons. The molecule has 5 nitrogen and oxygen atoms in total. The zero-order valence-electron chi connectivity index (χ0n) is 12.6. The Labute approximate surface area is 126 Å². The number of carbonyl (C=O) groups excluding carboxylic acids is 1. The SMILES string of the molecule is CCCNC(N)=NCc1ccc(N2CCCCC2=O)cc1. The third-order valence-electron chi connectivity index (χ3n) is 3.56. The third-order valence-corrected chi connectivity index (χ3v) is 3.56. The van der Waals surface area contributed by atoms with Gasteiger partial charge in [-0.1, -0.05) is 19.1 Å². The number of hydrogen-bond acceptors (Lipinski definition) is 2. The molecule has 0 radical (unpaired) electrons. The molecule has 1 aliphatic rings. The van der Waals surface area contributed by atoms with Crippen LogP contribution in [0, 0.1) is 0 Å². The van der Waals surface area contributed by atoms with E-state index >= 15 is 0 Å². The van der Waals surface area contributed by atoms with Crippen molar-refractivity contribution in [3.63, 3.8) is 0 Å². The van der Waals surface area contributed by atoms with Crippen LogP contribution < -0.4 is 16.0 Å². The van der Waals surface area contributed by atoms with Gasteiger partial charge in [-0.05, 0) is 37.0 Å². The molecule has 1 aromatic rings. The van der Waals surface area contributed by atoms with E-state index in [-0.39, 0.29) is 5.91 Å². The molecule has 0 aliphatic carbocycles. The van der Waals surface area contributed by atoms with Gasteiger partial charge in [0, 0.05) is 25.2 Å². The number of benzene rings is 1. The maximum Gasteiger partial charge on any atom is 0.226 e. The smallest absolute Gasteiger partial charge is 0.226 e. The van der Waals surface area contributed by atoms with Crippen molar-refractivity contribution in [2.24, 2.45) is 10.7 Å². The summed E-state index contributed by atoms with van der Waals surface area (Å²) >= 11 is 0. The third kappa shape index (κ3) is 4.48. The second kappa shape index (κ2) is 7.67. The summed E-state index contributed by atoms with van der Waals surface area (Å²) in [6, 6.07) is 8.00. The summed E-state index contributed by atoms with van der Waals surface area (Å²) in [6.45, 7) is 4.30. The monoisotopic (exact) mass is 288 g/mol. The largest absolute Gasteiger partial charge is 0.370 e. The van der Waals surface area contributed by atoms with Crippen molar-refractivity contribution >= 4 is 17.6 Å². The molecule has 3 N–H and O–H groups in total. The minimum atomic E-state index is 0.222. The van der Waals surface area contributed by atoms with Crippen LogP contribution in [0.1, 0.15) is 38.2 Å². The Morgan fingerprint density at radius 2 is 2.10 bits per heavy atom. The van der Waals surface area contributed by atoms with E-state index in [1.165, 1.54) is 0 Å². The van der Waals surface area contributed by atoms with E-state index in [1.807, 2.05) is 29.2 Å². The predicted molar refractivity (Wildman–Crippen MR) is 86.3 cm³/mol. The summed E-state index contributed by atoms with van der Waals surface area (Å²) < 4.78 is 0. The number of carbonyl (C=O) groups is 1. The van der Waals surface area contributed by atoms with Crippen molar-refractivity contribution < 1.29 is 4.79 Å². The normalized spacial score (nSPS) is 16.1. The van der Waals surface area contributed by atoms with Crippen molar-refractivity contribution in [2.75, 3.05) is 18.0 Å². The van der Waals surface area contributed by atoms with E-state index in [1.54, 1.807) is 0 Å². The Morgan fingerprint density at radius 3 is 2.76 bits per heavy atom. The molecule has 5 heteroatoms. The topological polar surface area (TPSA) is 70.7 Å². The first-order valence-electron chi connectivity index (χ1n) is 7.64. The van der Waals surface area contributed by atoms with Crippen LogP contribution in [0.2, 0.25) is 0 Å². The number of nitrogens with two attached hydrogens (primary N) is 1. The molecule has 1 aromatic carbocycles. The maximum atomic E-state index is 11.9. The molecule has 0 atom stereocenters. The molecule has 0 saturated carbocycles. The van der Waals surface area contributed by atoms with Crippen molar-refractivity contribution in [1.82, 2.24) is 5.32 Å². The Bertz CT molecular complexity index is 496. The molecular formula is C16H24N4O. The fourth-order valence-corrected chi connectivity index (χ4v) is 2.35. The fourth-order valence-electron chi connectivity index (χ4n) is 2.35. The predicted octanol–water partition coefficient (Wildman–Crippen LogP) is 2.02. The van der Waals surface area contributed by atoms with Crippen LogP contribution in [0.5, 0.6) is 0 Å². The Balaban J connectivity index is 1.94. The molecule has 1 amide bonds. The quantitative estimate of drug-likeness (QED) is 0.643. The van der Waals surface area contributed by atoms with E-state index in [0.717, 1.165) is 43.6 Å². The number of amides is 1. The molecule has 21 heavy (non-hydrogen) atoms. The Hall–Kier alpha value is -2.04. The fraction of sp³-hybridized carbons (Fsp3) is 0.500. The number of guanidine groups is 1. The number of rotatable bonds is 5. The highest BCUT2D eigenvalue weighted by Crippen LogP contribution is 2.21. The Kier molecular flexibility index (Phi) is 5.60. The maximum absolute atomic E-state index is 11.9. The van der Waals surface area contributed by atoms with Crippen molar-refractivity contribution in [3.8, 4) is 0 Å². The van der Waals surface area contributed by atoms with Gasteiger partial charge in [0.15, 0.2) is 5.96 Å². The second-order valence-corrected chi connectivity index (χ2v) is 5.30. The summed E-state index contributed by atoms with van der Waals surface area (Å²) in [5.74, 6) is 0.701. The lowest BCUT2D eigenvalue weighted by Gasteiger charge is -2.26. The molecule has 0 unspecified atom stereocenters. The summed E-state index contributed by atoms with van der Waals surface area (Å²) in [5, 5.41) is 3.05. The standard InChI is InChI=1S/C16H24N4O/c1-2-10-18-16(17)19-12-13-6-8-14(9-7-13)20-11-4-3-5-15(20)21/h6-9H,2-5,10-12H2,1H3,(H3,17,18,19). The highest BCUT2D eigenvalue weighted by atomic mass is 16.2. The highest BCUT2D eigenvalue weighted by molar-refractivity contribution is 5.93.